The fourth-order valence-electron chi connectivity index (χ4n) is 1.24. The maximum absolute atomic E-state index is 11.1. The van der Waals surface area contributed by atoms with Gasteiger partial charge in [0.1, 0.15) is 0 Å². The van der Waals surface area contributed by atoms with Gasteiger partial charge in [-0.3, -0.25) is 0 Å². The molecule has 106 valence electrons. The molecule has 0 bridgehead atoms. The summed E-state index contributed by atoms with van der Waals surface area (Å²) in [6, 6.07) is 5.90. The lowest BCUT2D eigenvalue weighted by molar-refractivity contribution is 0.0582. The zero-order valence-corrected chi connectivity index (χ0v) is 11.3. The first-order chi connectivity index (χ1) is 9.47. The van der Waals surface area contributed by atoms with Crippen molar-refractivity contribution >= 4 is 23.3 Å². The van der Waals surface area contributed by atoms with Gasteiger partial charge in [0.25, 0.3) is 0 Å². The van der Waals surface area contributed by atoms with Gasteiger partial charge in [0.15, 0.2) is 11.5 Å². The van der Waals surface area contributed by atoms with E-state index in [2.05, 4.69) is 4.74 Å². The van der Waals surface area contributed by atoms with Gasteiger partial charge < -0.3 is 20.1 Å². The number of carbonyl (C=O) groups is 2. The van der Waals surface area contributed by atoms with E-state index in [9.17, 15) is 9.59 Å². The average Bonchev–Trinajstić information content (AvgIpc) is 2.82. The van der Waals surface area contributed by atoms with Crippen LogP contribution in [0.15, 0.2) is 35.0 Å². The number of esters is 1. The minimum atomic E-state index is -1.14. The topological polar surface area (TPSA) is 104 Å². The van der Waals surface area contributed by atoms with Gasteiger partial charge >= 0.3 is 11.9 Å². The smallest absolute Gasteiger partial charge is 0.338 e. The zero-order valence-electron chi connectivity index (χ0n) is 10.4. The molecule has 3 N–H and O–H groups in total. The van der Waals surface area contributed by atoms with Crippen LogP contribution in [-0.2, 0) is 4.74 Å². The lowest BCUT2D eigenvalue weighted by atomic mass is 10.1. The molecule has 0 radical (unpaired) electrons. The average molecular weight is 296 g/mol. The summed E-state index contributed by atoms with van der Waals surface area (Å²) in [5, 5.41) is 28.7. The third-order valence-electron chi connectivity index (χ3n) is 2.18. The van der Waals surface area contributed by atoms with Crippen LogP contribution in [0.1, 0.15) is 20.7 Å². The van der Waals surface area contributed by atoms with Gasteiger partial charge in [-0.2, -0.15) is 0 Å². The van der Waals surface area contributed by atoms with Crippen molar-refractivity contribution in [3.63, 3.8) is 0 Å². The van der Waals surface area contributed by atoms with Crippen molar-refractivity contribution in [2.45, 2.75) is 0 Å². The molecule has 6 nitrogen and oxygen atoms in total. The molecule has 1 aromatic carbocycles. The normalized spacial score (nSPS) is 9.25. The third-order valence-corrected chi connectivity index (χ3v) is 2.90. The van der Waals surface area contributed by atoms with E-state index in [1.54, 1.807) is 12.1 Å². The lowest BCUT2D eigenvalue weighted by Gasteiger charge is -2.02. The molecule has 0 aliphatic rings. The Morgan fingerprint density at radius 3 is 1.90 bits per heavy atom. The van der Waals surface area contributed by atoms with E-state index < -0.39 is 11.9 Å². The number of thiophene rings is 1. The summed E-state index contributed by atoms with van der Waals surface area (Å²) < 4.78 is 4.42. The first kappa shape index (κ1) is 15.5. The largest absolute Gasteiger partial charge is 0.504 e. The molecule has 1 heterocycles. The van der Waals surface area contributed by atoms with Crippen LogP contribution >= 0.6 is 11.3 Å². The molecule has 0 fully saturated rings. The number of rotatable bonds is 2. The molecule has 0 spiro atoms. The van der Waals surface area contributed by atoms with Gasteiger partial charge in [-0.25, -0.2) is 9.59 Å². The van der Waals surface area contributed by atoms with Crippen LogP contribution in [0.25, 0.3) is 0 Å². The van der Waals surface area contributed by atoms with Crippen molar-refractivity contribution in [1.82, 2.24) is 0 Å². The molecule has 20 heavy (non-hydrogen) atoms. The Morgan fingerprint density at radius 1 is 1.05 bits per heavy atom. The number of aromatic carboxylic acids is 1. The number of hydrogen-bond donors (Lipinski definition) is 3. The van der Waals surface area contributed by atoms with Crippen molar-refractivity contribution in [3.05, 3.63) is 46.2 Å². The van der Waals surface area contributed by atoms with Crippen molar-refractivity contribution in [1.29, 1.82) is 0 Å². The molecule has 2 rings (SSSR count). The van der Waals surface area contributed by atoms with Crippen LogP contribution in [0.4, 0.5) is 0 Å². The molecule has 2 aromatic rings. The molecule has 0 aliphatic heterocycles. The third kappa shape index (κ3) is 3.99. The van der Waals surface area contributed by atoms with E-state index in [1.165, 1.54) is 41.3 Å². The molecule has 0 saturated carbocycles. The number of carbonyl (C=O) groups excluding carboxylic acids is 1. The van der Waals surface area contributed by atoms with Crippen LogP contribution in [0.5, 0.6) is 11.5 Å². The minimum absolute atomic E-state index is 0.0370. The van der Waals surface area contributed by atoms with Gasteiger partial charge in [0.05, 0.1) is 18.2 Å². The molecular weight excluding hydrogens is 284 g/mol. The Labute approximate surface area is 118 Å². The van der Waals surface area contributed by atoms with Crippen LogP contribution in [0.3, 0.4) is 0 Å². The summed E-state index contributed by atoms with van der Waals surface area (Å²) in [4.78, 5) is 21.7. The zero-order chi connectivity index (χ0) is 15.1. The second kappa shape index (κ2) is 7.15. The summed E-state index contributed by atoms with van der Waals surface area (Å²) in [7, 11) is 1.21. The minimum Gasteiger partial charge on any atom is -0.504 e. The number of carboxylic acid groups (broad SMARTS) is 1. The summed E-state index contributed by atoms with van der Waals surface area (Å²) in [5.74, 6) is -1.85. The lowest BCUT2D eigenvalue weighted by Crippen LogP contribution is -2.09. The van der Waals surface area contributed by atoms with E-state index in [4.69, 9.17) is 15.3 Å². The summed E-state index contributed by atoms with van der Waals surface area (Å²) in [6.07, 6.45) is 0. The van der Waals surface area contributed by atoms with Crippen LogP contribution < -0.4 is 0 Å². The molecule has 7 heteroatoms. The van der Waals surface area contributed by atoms with Crippen molar-refractivity contribution in [2.75, 3.05) is 7.11 Å². The molecule has 0 atom stereocenters. The number of hydrogen-bond acceptors (Lipinski definition) is 6. The molecular formula is C13H12O6S. The van der Waals surface area contributed by atoms with Crippen molar-refractivity contribution in [2.24, 2.45) is 0 Å². The number of ether oxygens (including phenoxy) is 1. The van der Waals surface area contributed by atoms with E-state index in [0.717, 1.165) is 0 Å². The van der Waals surface area contributed by atoms with Crippen molar-refractivity contribution in [3.8, 4) is 11.5 Å². The first-order valence-corrected chi connectivity index (χ1v) is 6.26. The number of methoxy groups -OCH3 is 1. The molecule has 0 aliphatic carbocycles. The first-order valence-electron chi connectivity index (χ1n) is 5.32. The van der Waals surface area contributed by atoms with E-state index in [-0.39, 0.29) is 22.6 Å². The standard InChI is InChI=1S/C9H8O4.C4H4O2S/c1-13-9(12)7-5-3-2-4-6(7)8(10)11;5-3-1-7-2-4(3)6/h2-5H,1H3,(H,10,11);1-2,5-6H. The highest BCUT2D eigenvalue weighted by molar-refractivity contribution is 7.08. The second-order valence-electron chi connectivity index (χ2n) is 3.48. The van der Waals surface area contributed by atoms with Crippen molar-refractivity contribution < 1.29 is 29.6 Å². The number of benzene rings is 1. The van der Waals surface area contributed by atoms with Crippen LogP contribution in [-0.4, -0.2) is 34.4 Å². The monoisotopic (exact) mass is 296 g/mol. The van der Waals surface area contributed by atoms with E-state index >= 15 is 0 Å². The molecule has 0 saturated heterocycles. The SMILES string of the molecule is COC(=O)c1ccccc1C(=O)O.Oc1cscc1O. The maximum Gasteiger partial charge on any atom is 0.338 e. The van der Waals surface area contributed by atoms with Gasteiger partial charge in [-0.05, 0) is 12.1 Å². The molecule has 0 unspecified atom stereocenters. The predicted octanol–water partition coefficient (Wildman–Crippen LogP) is 2.33. The quantitative estimate of drug-likeness (QED) is 0.735. The van der Waals surface area contributed by atoms with E-state index in [0.29, 0.717) is 0 Å². The van der Waals surface area contributed by atoms with Gasteiger partial charge in [0.2, 0.25) is 0 Å². The van der Waals surface area contributed by atoms with Gasteiger partial charge in [0, 0.05) is 10.8 Å². The highest BCUT2D eigenvalue weighted by Crippen LogP contribution is 2.27. The summed E-state index contributed by atoms with van der Waals surface area (Å²) in [6.45, 7) is 0. The molecule has 1 aromatic heterocycles. The highest BCUT2D eigenvalue weighted by atomic mass is 32.1. The van der Waals surface area contributed by atoms with Crippen LogP contribution in [0, 0.1) is 0 Å². The summed E-state index contributed by atoms with van der Waals surface area (Å²) in [5.41, 5.74) is 0.0202. The van der Waals surface area contributed by atoms with Gasteiger partial charge in [-0.15, -0.1) is 11.3 Å². The second-order valence-corrected chi connectivity index (χ2v) is 4.23. The van der Waals surface area contributed by atoms with Gasteiger partial charge in [-0.1, -0.05) is 12.1 Å². The Morgan fingerprint density at radius 2 is 1.55 bits per heavy atom. The predicted molar refractivity (Wildman–Crippen MR) is 72.4 cm³/mol. The summed E-state index contributed by atoms with van der Waals surface area (Å²) >= 11 is 1.27. The Kier molecular flexibility index (Phi) is 5.55. The maximum atomic E-state index is 11.1. The number of carboxylic acids is 1. The Balaban J connectivity index is 0.000000240. The fourth-order valence-corrected chi connectivity index (χ4v) is 1.81. The van der Waals surface area contributed by atoms with E-state index in [1.807, 2.05) is 0 Å². The Hall–Kier alpha value is -2.54. The van der Waals surface area contributed by atoms with Crippen LogP contribution in [0.2, 0.25) is 0 Å². The number of aromatic hydroxyl groups is 2. The fraction of sp³-hybridized carbons (Fsp3) is 0.0769. The Bertz CT molecular complexity index is 588. The highest BCUT2D eigenvalue weighted by Gasteiger charge is 2.15. The molecule has 0 amide bonds.